The Balaban J connectivity index is 1.99. The molecule has 0 spiro atoms. The summed E-state index contributed by atoms with van der Waals surface area (Å²) in [5.74, 6) is -0.147. The van der Waals surface area contributed by atoms with Crippen LogP contribution < -0.4 is 10.9 Å². The Bertz CT molecular complexity index is 795. The van der Waals surface area contributed by atoms with Crippen LogP contribution in [0.5, 0.6) is 0 Å². The van der Waals surface area contributed by atoms with Crippen molar-refractivity contribution in [1.29, 1.82) is 0 Å². The molecule has 2 rings (SSSR count). The van der Waals surface area contributed by atoms with E-state index in [2.05, 4.69) is 27.0 Å². The highest BCUT2D eigenvalue weighted by atomic mass is 16.2. The molecule has 0 unspecified atom stereocenters. The minimum atomic E-state index is -0.580. The molecular weight excluding hydrogens is 318 g/mol. The Morgan fingerprint density at radius 3 is 2.32 bits per heavy atom. The molecule has 0 fully saturated rings. The number of carbonyl (C=O) groups excluding carboxylic acids is 2. The fourth-order valence-electron chi connectivity index (χ4n) is 2.07. The zero-order valence-electron chi connectivity index (χ0n) is 15.1. The van der Waals surface area contributed by atoms with Crippen molar-refractivity contribution in [1.82, 2.24) is 25.6 Å². The van der Waals surface area contributed by atoms with Crippen LogP contribution in [0.1, 0.15) is 31.9 Å². The third-order valence-corrected chi connectivity index (χ3v) is 3.35. The maximum Gasteiger partial charge on any atom is 0.263 e. The fraction of sp³-hybridized carbons (Fsp3) is 0.333. The first-order chi connectivity index (χ1) is 11.6. The normalized spacial score (nSPS) is 11.6. The zero-order chi connectivity index (χ0) is 18.6. The zero-order valence-corrected chi connectivity index (χ0v) is 15.1. The number of nitrogens with one attached hydrogen (secondary N) is 2. The van der Waals surface area contributed by atoms with Crippen molar-refractivity contribution in [3.8, 4) is 11.4 Å². The van der Waals surface area contributed by atoms with Crippen molar-refractivity contribution in [2.45, 2.75) is 34.6 Å². The maximum absolute atomic E-state index is 11.7. The number of amides is 2. The van der Waals surface area contributed by atoms with E-state index < -0.39 is 11.3 Å². The molecule has 2 amide bonds. The predicted octanol–water partition coefficient (Wildman–Crippen LogP) is 2.23. The van der Waals surface area contributed by atoms with Crippen molar-refractivity contribution in [3.63, 3.8) is 0 Å². The number of hydrogen-bond donors (Lipinski definition) is 2. The Morgan fingerprint density at radius 2 is 1.72 bits per heavy atom. The second kappa shape index (κ2) is 7.29. The van der Waals surface area contributed by atoms with Gasteiger partial charge in [0.05, 0.1) is 0 Å². The number of carbonyl (C=O) groups is 2. The summed E-state index contributed by atoms with van der Waals surface area (Å²) in [5, 5.41) is 4.32. The molecule has 0 saturated carbocycles. The summed E-state index contributed by atoms with van der Waals surface area (Å²) in [7, 11) is 0. The lowest BCUT2D eigenvalue weighted by Gasteiger charge is -2.17. The largest absolute Gasteiger partial charge is 0.273 e. The van der Waals surface area contributed by atoms with Crippen LogP contribution in [0.15, 0.2) is 30.6 Å². The molecule has 2 aromatic rings. The molecule has 2 N–H and O–H groups in total. The second-order valence-electron chi connectivity index (χ2n) is 6.93. The van der Waals surface area contributed by atoms with Crippen LogP contribution in [0.25, 0.3) is 17.6 Å². The highest BCUT2D eigenvalue weighted by molar-refractivity contribution is 5.92. The van der Waals surface area contributed by atoms with E-state index in [4.69, 9.17) is 0 Å². The van der Waals surface area contributed by atoms with E-state index in [0.29, 0.717) is 5.82 Å². The van der Waals surface area contributed by atoms with Crippen LogP contribution in [0.4, 0.5) is 0 Å². The highest BCUT2D eigenvalue weighted by Gasteiger charge is 2.21. The molecule has 1 aromatic carbocycles. The summed E-state index contributed by atoms with van der Waals surface area (Å²) in [6.07, 6.45) is 4.26. The first-order valence-electron chi connectivity index (χ1n) is 7.93. The van der Waals surface area contributed by atoms with E-state index in [0.717, 1.165) is 16.7 Å². The first-order valence-corrected chi connectivity index (χ1v) is 7.93. The Labute approximate surface area is 147 Å². The monoisotopic (exact) mass is 341 g/mol. The lowest BCUT2D eigenvalue weighted by Crippen LogP contribution is -2.46. The molecule has 7 heteroatoms. The minimum absolute atomic E-state index is 0.271. The van der Waals surface area contributed by atoms with Crippen molar-refractivity contribution in [2.24, 2.45) is 5.41 Å². The quantitative estimate of drug-likeness (QED) is 0.662. The number of rotatable bonds is 3. The van der Waals surface area contributed by atoms with Crippen LogP contribution >= 0.6 is 0 Å². The summed E-state index contributed by atoms with van der Waals surface area (Å²) in [6.45, 7) is 9.31. The molecule has 132 valence electrons. The van der Waals surface area contributed by atoms with E-state index in [1.165, 1.54) is 23.3 Å². The van der Waals surface area contributed by atoms with Gasteiger partial charge in [0.15, 0.2) is 5.82 Å². The van der Waals surface area contributed by atoms with Crippen LogP contribution in [-0.2, 0) is 9.59 Å². The fourth-order valence-corrected chi connectivity index (χ4v) is 2.07. The van der Waals surface area contributed by atoms with Gasteiger partial charge in [-0.1, -0.05) is 38.0 Å². The summed E-state index contributed by atoms with van der Waals surface area (Å²) in [4.78, 5) is 27.7. The summed E-state index contributed by atoms with van der Waals surface area (Å²) in [5.41, 5.74) is 7.31. The predicted molar refractivity (Wildman–Crippen MR) is 96.0 cm³/mol. The lowest BCUT2D eigenvalue weighted by atomic mass is 9.96. The maximum atomic E-state index is 11.7. The van der Waals surface area contributed by atoms with Crippen molar-refractivity contribution < 1.29 is 9.59 Å². The van der Waals surface area contributed by atoms with Crippen molar-refractivity contribution >= 4 is 18.0 Å². The summed E-state index contributed by atoms with van der Waals surface area (Å²) >= 11 is 0. The lowest BCUT2D eigenvalue weighted by molar-refractivity contribution is -0.132. The average Bonchev–Trinajstić information content (AvgIpc) is 2.97. The summed E-state index contributed by atoms with van der Waals surface area (Å²) < 4.78 is 1.44. The minimum Gasteiger partial charge on any atom is -0.273 e. The average molecular weight is 341 g/mol. The Kier molecular flexibility index (Phi) is 5.36. The van der Waals surface area contributed by atoms with Gasteiger partial charge in [0.2, 0.25) is 5.91 Å². The molecule has 1 aromatic heterocycles. The van der Waals surface area contributed by atoms with Crippen LogP contribution in [0.3, 0.4) is 0 Å². The van der Waals surface area contributed by atoms with Crippen molar-refractivity contribution in [3.05, 3.63) is 41.7 Å². The topological polar surface area (TPSA) is 88.9 Å². The highest BCUT2D eigenvalue weighted by Crippen LogP contribution is 2.18. The molecule has 7 nitrogen and oxygen atoms in total. The molecule has 0 atom stereocenters. The SMILES string of the molecule is Cc1cc(C)cc(-c2ncn(/C=C\C(=O)NNC(=O)C(C)(C)C)n2)c1. The van der Waals surface area contributed by atoms with Crippen LogP contribution in [-0.4, -0.2) is 26.6 Å². The number of hydrazine groups is 1. The van der Waals surface area contributed by atoms with Gasteiger partial charge in [-0.2, -0.15) is 0 Å². The summed E-state index contributed by atoms with van der Waals surface area (Å²) in [6, 6.07) is 6.09. The molecule has 25 heavy (non-hydrogen) atoms. The third kappa shape index (κ3) is 5.27. The first kappa shape index (κ1) is 18.4. The molecule has 0 aliphatic heterocycles. The molecule has 0 aliphatic rings. The van der Waals surface area contributed by atoms with Gasteiger partial charge in [0.1, 0.15) is 6.33 Å². The van der Waals surface area contributed by atoms with Gasteiger partial charge in [-0.3, -0.25) is 20.4 Å². The molecule has 1 heterocycles. The van der Waals surface area contributed by atoms with E-state index in [1.54, 1.807) is 20.8 Å². The molecular formula is C18H23N5O2. The number of aryl methyl sites for hydroxylation is 2. The molecule has 0 saturated heterocycles. The third-order valence-electron chi connectivity index (χ3n) is 3.35. The van der Waals surface area contributed by atoms with Gasteiger partial charge >= 0.3 is 0 Å². The van der Waals surface area contributed by atoms with Gasteiger partial charge in [-0.05, 0) is 26.0 Å². The molecule has 0 bridgehead atoms. The van der Waals surface area contributed by atoms with Gasteiger partial charge < -0.3 is 0 Å². The smallest absolute Gasteiger partial charge is 0.263 e. The second-order valence-corrected chi connectivity index (χ2v) is 6.93. The van der Waals surface area contributed by atoms with Crippen LogP contribution in [0, 0.1) is 19.3 Å². The standard InChI is InChI=1S/C18H23N5O2/c1-12-8-13(2)10-14(9-12)16-19-11-23(22-16)7-6-15(24)20-21-17(25)18(3,4)5/h6-11H,1-5H3,(H,20,24)(H,21,25)/b7-6-. The van der Waals surface area contributed by atoms with Gasteiger partial charge in [0.25, 0.3) is 5.91 Å². The Morgan fingerprint density at radius 1 is 1.08 bits per heavy atom. The van der Waals surface area contributed by atoms with Crippen LogP contribution in [0.2, 0.25) is 0 Å². The van der Waals surface area contributed by atoms with Gasteiger partial charge in [-0.15, -0.1) is 5.10 Å². The van der Waals surface area contributed by atoms with E-state index in [9.17, 15) is 9.59 Å². The number of aromatic nitrogens is 3. The van der Waals surface area contributed by atoms with Crippen molar-refractivity contribution in [2.75, 3.05) is 0 Å². The number of hydrogen-bond acceptors (Lipinski definition) is 4. The molecule has 0 aliphatic carbocycles. The van der Waals surface area contributed by atoms with E-state index in [-0.39, 0.29) is 5.91 Å². The van der Waals surface area contributed by atoms with Gasteiger partial charge in [0, 0.05) is 23.3 Å². The van der Waals surface area contributed by atoms with E-state index >= 15 is 0 Å². The van der Waals surface area contributed by atoms with E-state index in [1.807, 2.05) is 26.0 Å². The van der Waals surface area contributed by atoms with Gasteiger partial charge in [-0.25, -0.2) is 9.67 Å². The number of nitrogens with zero attached hydrogens (tertiary/aromatic N) is 3. The number of benzene rings is 1. The molecule has 0 radical (unpaired) electrons. The Hall–Kier alpha value is -2.96.